The molecule has 8 heteroatoms. The minimum absolute atomic E-state index is 0.0239. The van der Waals surface area contributed by atoms with Gasteiger partial charge in [-0.05, 0) is 43.2 Å². The predicted molar refractivity (Wildman–Crippen MR) is 88.9 cm³/mol. The van der Waals surface area contributed by atoms with Crippen molar-refractivity contribution in [2.24, 2.45) is 5.92 Å². The van der Waals surface area contributed by atoms with Gasteiger partial charge >= 0.3 is 12.1 Å². The van der Waals surface area contributed by atoms with E-state index in [1.165, 1.54) is 6.92 Å². The fourth-order valence-electron chi connectivity index (χ4n) is 2.32. The molecule has 1 amide bonds. The number of carbonyl (C=O) groups is 2. The smallest absolute Gasteiger partial charge is 0.433 e. The van der Waals surface area contributed by atoms with E-state index in [2.05, 4.69) is 10.3 Å². The topological polar surface area (TPSA) is 79.3 Å². The lowest BCUT2D eigenvalue weighted by molar-refractivity contribution is -0.142. The zero-order valence-corrected chi connectivity index (χ0v) is 14.1. The molecule has 2 rings (SSSR count). The van der Waals surface area contributed by atoms with Crippen molar-refractivity contribution < 1.29 is 27.9 Å². The molecule has 0 saturated heterocycles. The molecule has 1 aromatic heterocycles. The Balaban J connectivity index is 2.09. The second kappa shape index (κ2) is 7.55. The molecule has 0 fully saturated rings. The number of alkyl halides is 3. The number of aromatic nitrogens is 1. The molecular formula is C18H17F3N2O3. The van der Waals surface area contributed by atoms with Gasteiger partial charge in [-0.2, -0.15) is 13.2 Å². The number of carboxylic acid groups (broad SMARTS) is 1. The van der Waals surface area contributed by atoms with E-state index < -0.39 is 29.7 Å². The highest BCUT2D eigenvalue weighted by Crippen LogP contribution is 2.28. The Morgan fingerprint density at radius 3 is 2.27 bits per heavy atom. The molecule has 0 radical (unpaired) electrons. The summed E-state index contributed by atoms with van der Waals surface area (Å²) in [6.45, 7) is 2.93. The summed E-state index contributed by atoms with van der Waals surface area (Å²) in [4.78, 5) is 26.5. The number of anilines is 1. The van der Waals surface area contributed by atoms with Crippen LogP contribution in [0.1, 0.15) is 34.2 Å². The summed E-state index contributed by atoms with van der Waals surface area (Å²) < 4.78 is 37.9. The van der Waals surface area contributed by atoms with Crippen LogP contribution in [0.15, 0.2) is 36.4 Å². The van der Waals surface area contributed by atoms with Crippen molar-refractivity contribution >= 4 is 17.6 Å². The molecule has 138 valence electrons. The molecule has 0 spiro atoms. The molecule has 1 heterocycles. The molecule has 2 N–H and O–H groups in total. The monoisotopic (exact) mass is 366 g/mol. The van der Waals surface area contributed by atoms with Crippen LogP contribution in [-0.2, 0) is 17.4 Å². The number of nitrogens with one attached hydrogen (secondary N) is 1. The first-order chi connectivity index (χ1) is 12.1. The van der Waals surface area contributed by atoms with E-state index in [1.807, 2.05) is 0 Å². The summed E-state index contributed by atoms with van der Waals surface area (Å²) in [5.74, 6) is -2.00. The fraction of sp³-hybridized carbons (Fsp3) is 0.278. The van der Waals surface area contributed by atoms with Crippen molar-refractivity contribution in [2.45, 2.75) is 26.4 Å². The highest BCUT2D eigenvalue weighted by atomic mass is 19.4. The SMILES string of the molecule is Cc1nc(C(F)(F)F)ccc1C(=O)Nc1ccc(CC(C)C(=O)O)cc1. The first kappa shape index (κ1) is 19.4. The molecule has 0 aliphatic carbocycles. The second-order valence-electron chi connectivity index (χ2n) is 5.92. The summed E-state index contributed by atoms with van der Waals surface area (Å²) in [5.41, 5.74) is 0.209. The summed E-state index contributed by atoms with van der Waals surface area (Å²) >= 11 is 0. The average molecular weight is 366 g/mol. The molecular weight excluding hydrogens is 349 g/mol. The number of nitrogens with zero attached hydrogens (tertiary/aromatic N) is 1. The molecule has 0 aliphatic rings. The maximum atomic E-state index is 12.6. The number of carboxylic acids is 1. The summed E-state index contributed by atoms with van der Waals surface area (Å²) in [6.07, 6.45) is -4.21. The van der Waals surface area contributed by atoms with E-state index >= 15 is 0 Å². The molecule has 2 aromatic rings. The van der Waals surface area contributed by atoms with E-state index in [4.69, 9.17) is 5.11 Å². The Morgan fingerprint density at radius 2 is 1.77 bits per heavy atom. The second-order valence-corrected chi connectivity index (χ2v) is 5.92. The lowest BCUT2D eigenvalue weighted by atomic mass is 10.0. The largest absolute Gasteiger partial charge is 0.481 e. The number of aliphatic carboxylic acids is 1. The Kier molecular flexibility index (Phi) is 5.64. The van der Waals surface area contributed by atoms with Gasteiger partial charge in [0, 0.05) is 5.69 Å². The lowest BCUT2D eigenvalue weighted by Gasteiger charge is -2.11. The molecule has 1 unspecified atom stereocenters. The number of amides is 1. The maximum Gasteiger partial charge on any atom is 0.433 e. The Hall–Kier alpha value is -2.90. The van der Waals surface area contributed by atoms with Crippen LogP contribution < -0.4 is 5.32 Å². The third-order valence-electron chi connectivity index (χ3n) is 3.80. The number of hydrogen-bond acceptors (Lipinski definition) is 3. The third kappa shape index (κ3) is 4.81. The van der Waals surface area contributed by atoms with E-state index in [9.17, 15) is 22.8 Å². The first-order valence-corrected chi connectivity index (χ1v) is 7.76. The van der Waals surface area contributed by atoms with Gasteiger partial charge in [0.1, 0.15) is 5.69 Å². The number of aryl methyl sites for hydroxylation is 1. The molecule has 0 aliphatic heterocycles. The number of pyridine rings is 1. The van der Waals surface area contributed by atoms with Crippen LogP contribution in [0, 0.1) is 12.8 Å². The number of rotatable bonds is 5. The Labute approximate surface area is 147 Å². The summed E-state index contributed by atoms with van der Waals surface area (Å²) in [6, 6.07) is 8.44. The van der Waals surface area contributed by atoms with Gasteiger partial charge < -0.3 is 10.4 Å². The molecule has 0 bridgehead atoms. The quantitative estimate of drug-likeness (QED) is 0.841. The zero-order valence-electron chi connectivity index (χ0n) is 14.1. The number of hydrogen-bond donors (Lipinski definition) is 2. The maximum absolute atomic E-state index is 12.6. The van der Waals surface area contributed by atoms with Gasteiger partial charge in [0.05, 0.1) is 17.2 Å². The molecule has 26 heavy (non-hydrogen) atoms. The highest BCUT2D eigenvalue weighted by Gasteiger charge is 2.33. The number of benzene rings is 1. The average Bonchev–Trinajstić information content (AvgIpc) is 2.55. The van der Waals surface area contributed by atoms with Crippen molar-refractivity contribution in [2.75, 3.05) is 5.32 Å². The number of carbonyl (C=O) groups excluding carboxylic acids is 1. The van der Waals surface area contributed by atoms with Crippen molar-refractivity contribution in [3.05, 3.63) is 58.9 Å². The van der Waals surface area contributed by atoms with Crippen LogP contribution >= 0.6 is 0 Å². The van der Waals surface area contributed by atoms with Crippen LogP contribution in [0.3, 0.4) is 0 Å². The van der Waals surface area contributed by atoms with E-state index in [0.29, 0.717) is 12.1 Å². The molecule has 0 saturated carbocycles. The van der Waals surface area contributed by atoms with Crippen molar-refractivity contribution in [3.63, 3.8) is 0 Å². The highest BCUT2D eigenvalue weighted by molar-refractivity contribution is 6.05. The summed E-state index contributed by atoms with van der Waals surface area (Å²) in [7, 11) is 0. The Bertz CT molecular complexity index is 817. The van der Waals surface area contributed by atoms with Crippen LogP contribution in [0.5, 0.6) is 0 Å². The van der Waals surface area contributed by atoms with Gasteiger partial charge in [0.2, 0.25) is 0 Å². The van der Waals surface area contributed by atoms with Crippen LogP contribution in [0.2, 0.25) is 0 Å². The zero-order chi connectivity index (χ0) is 19.5. The van der Waals surface area contributed by atoms with Gasteiger partial charge in [0.15, 0.2) is 0 Å². The van der Waals surface area contributed by atoms with E-state index in [-0.39, 0.29) is 11.3 Å². The lowest BCUT2D eigenvalue weighted by Crippen LogP contribution is -2.16. The van der Waals surface area contributed by atoms with E-state index in [1.54, 1.807) is 31.2 Å². The summed E-state index contributed by atoms with van der Waals surface area (Å²) in [5, 5.41) is 11.5. The van der Waals surface area contributed by atoms with Gasteiger partial charge in [-0.1, -0.05) is 19.1 Å². The number of halogens is 3. The predicted octanol–water partition coefficient (Wildman–Crippen LogP) is 3.92. The van der Waals surface area contributed by atoms with Crippen molar-refractivity contribution in [1.82, 2.24) is 4.98 Å². The first-order valence-electron chi connectivity index (χ1n) is 7.76. The van der Waals surface area contributed by atoms with Crippen molar-refractivity contribution in [3.8, 4) is 0 Å². The van der Waals surface area contributed by atoms with Gasteiger partial charge in [-0.25, -0.2) is 4.98 Å². The standard InChI is InChI=1S/C18H17F3N2O3/c1-10(17(25)26)9-12-3-5-13(6-4-12)23-16(24)14-7-8-15(18(19,20)21)22-11(14)2/h3-8,10H,9H2,1-2H3,(H,23,24)(H,25,26). The Morgan fingerprint density at radius 1 is 1.15 bits per heavy atom. The third-order valence-corrected chi connectivity index (χ3v) is 3.80. The van der Waals surface area contributed by atoms with Crippen molar-refractivity contribution in [1.29, 1.82) is 0 Å². The molecule has 1 atom stereocenters. The minimum atomic E-state index is -4.57. The van der Waals surface area contributed by atoms with E-state index in [0.717, 1.165) is 17.7 Å². The fourth-order valence-corrected chi connectivity index (χ4v) is 2.32. The van der Waals surface area contributed by atoms with Crippen LogP contribution in [0.25, 0.3) is 0 Å². The van der Waals surface area contributed by atoms with Crippen LogP contribution in [0.4, 0.5) is 18.9 Å². The van der Waals surface area contributed by atoms with Crippen LogP contribution in [-0.4, -0.2) is 22.0 Å². The minimum Gasteiger partial charge on any atom is -0.481 e. The molecule has 5 nitrogen and oxygen atoms in total. The van der Waals surface area contributed by atoms with Gasteiger partial charge in [0.25, 0.3) is 5.91 Å². The van der Waals surface area contributed by atoms with Gasteiger partial charge in [-0.3, -0.25) is 9.59 Å². The van der Waals surface area contributed by atoms with Gasteiger partial charge in [-0.15, -0.1) is 0 Å². The molecule has 1 aromatic carbocycles. The normalized spacial score (nSPS) is 12.5.